The van der Waals surface area contributed by atoms with Crippen LogP contribution in [0.25, 0.3) is 0 Å². The van der Waals surface area contributed by atoms with Crippen LogP contribution in [0.5, 0.6) is 0 Å². The number of methoxy groups -OCH3 is 1. The molecule has 0 spiro atoms. The summed E-state index contributed by atoms with van der Waals surface area (Å²) in [5, 5.41) is 4.67. The molecular weight excluding hydrogens is 244 g/mol. The van der Waals surface area contributed by atoms with E-state index >= 15 is 0 Å². The zero-order valence-corrected chi connectivity index (χ0v) is 12.9. The first-order valence-electron chi connectivity index (χ1n) is 6.72. The third-order valence-corrected chi connectivity index (χ3v) is 4.80. The Hall–Kier alpha value is -0.450. The van der Waals surface area contributed by atoms with E-state index in [4.69, 9.17) is 9.72 Å². The Morgan fingerprint density at radius 1 is 1.44 bits per heavy atom. The molecule has 2 rings (SSSR count). The molecule has 4 heteroatoms. The molecule has 0 unspecified atom stereocenters. The summed E-state index contributed by atoms with van der Waals surface area (Å²) in [5.74, 6) is 0.471. The summed E-state index contributed by atoms with van der Waals surface area (Å²) in [6, 6.07) is 0.742. The van der Waals surface area contributed by atoms with Gasteiger partial charge in [0.25, 0.3) is 0 Å². The number of thiazole rings is 1. The number of rotatable bonds is 6. The lowest BCUT2D eigenvalue weighted by molar-refractivity contribution is 0.0189. The molecule has 0 radical (unpaired) electrons. The first-order chi connectivity index (χ1) is 8.44. The van der Waals surface area contributed by atoms with Crippen LogP contribution < -0.4 is 5.32 Å². The van der Waals surface area contributed by atoms with E-state index in [1.807, 2.05) is 0 Å². The molecule has 0 saturated heterocycles. The number of hydrogen-bond donors (Lipinski definition) is 1. The van der Waals surface area contributed by atoms with Crippen LogP contribution in [-0.4, -0.2) is 18.1 Å². The lowest BCUT2D eigenvalue weighted by Gasteiger charge is -2.19. The Bertz CT molecular complexity index is 408. The summed E-state index contributed by atoms with van der Waals surface area (Å²) in [5.41, 5.74) is 0.944. The van der Waals surface area contributed by atoms with Crippen molar-refractivity contribution in [2.75, 3.05) is 7.11 Å². The van der Waals surface area contributed by atoms with Crippen LogP contribution in [0.2, 0.25) is 0 Å². The van der Waals surface area contributed by atoms with Crippen molar-refractivity contribution in [2.24, 2.45) is 0 Å². The highest BCUT2D eigenvalue weighted by Crippen LogP contribution is 2.33. The van der Waals surface area contributed by atoms with Crippen molar-refractivity contribution in [3.05, 3.63) is 15.6 Å². The first kappa shape index (κ1) is 14.0. The van der Waals surface area contributed by atoms with Gasteiger partial charge in [0.05, 0.1) is 5.69 Å². The van der Waals surface area contributed by atoms with Crippen molar-refractivity contribution >= 4 is 11.3 Å². The zero-order chi connectivity index (χ0) is 13.3. The van der Waals surface area contributed by atoms with Gasteiger partial charge in [0.1, 0.15) is 10.6 Å². The highest BCUT2D eigenvalue weighted by Gasteiger charge is 2.27. The second-order valence-electron chi connectivity index (χ2n) is 5.85. The van der Waals surface area contributed by atoms with E-state index in [1.54, 1.807) is 18.4 Å². The normalized spacial score (nSPS) is 16.6. The summed E-state index contributed by atoms with van der Waals surface area (Å²) in [4.78, 5) is 6.18. The molecule has 1 aromatic heterocycles. The van der Waals surface area contributed by atoms with Crippen molar-refractivity contribution in [3.8, 4) is 0 Å². The molecule has 1 fully saturated rings. The summed E-state index contributed by atoms with van der Waals surface area (Å²) < 4.78 is 5.54. The van der Waals surface area contributed by atoms with Crippen molar-refractivity contribution in [3.63, 3.8) is 0 Å². The monoisotopic (exact) mass is 268 g/mol. The molecule has 1 aromatic rings. The molecule has 1 saturated carbocycles. The lowest BCUT2D eigenvalue weighted by Crippen LogP contribution is -2.19. The van der Waals surface area contributed by atoms with Crippen molar-refractivity contribution in [1.82, 2.24) is 10.3 Å². The van der Waals surface area contributed by atoms with Crippen LogP contribution in [0.15, 0.2) is 0 Å². The minimum Gasteiger partial charge on any atom is -0.372 e. The van der Waals surface area contributed by atoms with Crippen molar-refractivity contribution < 1.29 is 4.74 Å². The van der Waals surface area contributed by atoms with Gasteiger partial charge in [-0.3, -0.25) is 0 Å². The van der Waals surface area contributed by atoms with Crippen LogP contribution in [-0.2, 0) is 16.9 Å². The Morgan fingerprint density at radius 3 is 2.61 bits per heavy atom. The maximum Gasteiger partial charge on any atom is 0.125 e. The number of ether oxygens (including phenoxy) is 1. The Balaban J connectivity index is 2.19. The van der Waals surface area contributed by atoms with Crippen molar-refractivity contribution in [2.45, 2.75) is 64.6 Å². The van der Waals surface area contributed by atoms with E-state index < -0.39 is 0 Å². The van der Waals surface area contributed by atoms with Gasteiger partial charge < -0.3 is 10.1 Å². The van der Waals surface area contributed by atoms with Crippen LogP contribution in [0.1, 0.15) is 62.0 Å². The SMILES string of the molecule is COC(C)(C)c1nc(C(C)C)c(CNC2CC2)s1. The summed E-state index contributed by atoms with van der Waals surface area (Å²) in [6.45, 7) is 9.52. The molecule has 102 valence electrons. The van der Waals surface area contributed by atoms with Crippen LogP contribution in [0, 0.1) is 0 Å². The number of aromatic nitrogens is 1. The summed E-state index contributed by atoms with van der Waals surface area (Å²) in [6.07, 6.45) is 2.65. The molecule has 0 aromatic carbocycles. The van der Waals surface area contributed by atoms with Gasteiger partial charge in [-0.1, -0.05) is 13.8 Å². The largest absolute Gasteiger partial charge is 0.372 e. The fraction of sp³-hybridized carbons (Fsp3) is 0.786. The molecule has 1 N–H and O–H groups in total. The highest BCUT2D eigenvalue weighted by atomic mass is 32.1. The minimum atomic E-state index is -0.286. The van der Waals surface area contributed by atoms with E-state index in [0.717, 1.165) is 17.6 Å². The Morgan fingerprint density at radius 2 is 2.11 bits per heavy atom. The second kappa shape index (κ2) is 5.27. The van der Waals surface area contributed by atoms with E-state index in [-0.39, 0.29) is 5.60 Å². The summed E-state index contributed by atoms with van der Waals surface area (Å²) in [7, 11) is 1.75. The van der Waals surface area contributed by atoms with Gasteiger partial charge in [0.2, 0.25) is 0 Å². The van der Waals surface area contributed by atoms with Gasteiger partial charge >= 0.3 is 0 Å². The Labute approximate surface area is 114 Å². The molecule has 0 bridgehead atoms. The average Bonchev–Trinajstić information content (AvgIpc) is 3.04. The maximum absolute atomic E-state index is 5.54. The average molecular weight is 268 g/mol. The maximum atomic E-state index is 5.54. The van der Waals surface area contributed by atoms with Crippen LogP contribution >= 0.6 is 11.3 Å². The number of nitrogens with zero attached hydrogens (tertiary/aromatic N) is 1. The summed E-state index contributed by atoms with van der Waals surface area (Å²) >= 11 is 1.79. The Kier molecular flexibility index (Phi) is 4.09. The van der Waals surface area contributed by atoms with E-state index in [9.17, 15) is 0 Å². The smallest absolute Gasteiger partial charge is 0.125 e. The molecule has 3 nitrogen and oxygen atoms in total. The zero-order valence-electron chi connectivity index (χ0n) is 12.0. The van der Waals surface area contributed by atoms with E-state index in [0.29, 0.717) is 5.92 Å². The fourth-order valence-corrected chi connectivity index (χ4v) is 3.06. The van der Waals surface area contributed by atoms with Gasteiger partial charge in [-0.05, 0) is 32.6 Å². The van der Waals surface area contributed by atoms with Gasteiger partial charge in [-0.2, -0.15) is 0 Å². The van der Waals surface area contributed by atoms with Gasteiger partial charge in [0.15, 0.2) is 0 Å². The predicted molar refractivity (Wildman–Crippen MR) is 76.1 cm³/mol. The van der Waals surface area contributed by atoms with Gasteiger partial charge in [0, 0.05) is 24.6 Å². The number of hydrogen-bond acceptors (Lipinski definition) is 4. The molecular formula is C14H24N2OS. The molecule has 0 atom stereocenters. The second-order valence-corrected chi connectivity index (χ2v) is 6.94. The quantitative estimate of drug-likeness (QED) is 0.858. The molecule has 0 amide bonds. The van der Waals surface area contributed by atoms with Gasteiger partial charge in [-0.25, -0.2) is 4.98 Å². The standard InChI is InChI=1S/C14H24N2OS/c1-9(2)12-11(8-15-10-6-7-10)18-13(16-12)14(3,4)17-5/h9-10,15H,6-8H2,1-5H3. The minimum absolute atomic E-state index is 0.286. The third-order valence-electron chi connectivity index (χ3n) is 3.43. The number of nitrogens with one attached hydrogen (secondary N) is 1. The van der Waals surface area contributed by atoms with Crippen molar-refractivity contribution in [1.29, 1.82) is 0 Å². The van der Waals surface area contributed by atoms with Crippen LogP contribution in [0.4, 0.5) is 0 Å². The molecule has 0 aliphatic heterocycles. The fourth-order valence-electron chi connectivity index (χ4n) is 1.81. The predicted octanol–water partition coefficient (Wildman–Crippen LogP) is 3.40. The first-order valence-corrected chi connectivity index (χ1v) is 7.54. The van der Waals surface area contributed by atoms with E-state index in [2.05, 4.69) is 33.0 Å². The molecule has 1 aliphatic carbocycles. The topological polar surface area (TPSA) is 34.1 Å². The molecule has 1 heterocycles. The lowest BCUT2D eigenvalue weighted by atomic mass is 10.1. The molecule has 18 heavy (non-hydrogen) atoms. The molecule has 1 aliphatic rings. The van der Waals surface area contributed by atoms with Crippen LogP contribution in [0.3, 0.4) is 0 Å². The van der Waals surface area contributed by atoms with Gasteiger partial charge in [-0.15, -0.1) is 11.3 Å². The third kappa shape index (κ3) is 3.11. The van der Waals surface area contributed by atoms with E-state index in [1.165, 1.54) is 23.4 Å². The highest BCUT2D eigenvalue weighted by molar-refractivity contribution is 7.11.